The Morgan fingerprint density at radius 1 is 1.26 bits per heavy atom. The van der Waals surface area contributed by atoms with Crippen LogP contribution in [-0.4, -0.2) is 37.7 Å². The molecule has 0 unspecified atom stereocenters. The highest BCUT2D eigenvalue weighted by Gasteiger charge is 2.11. The van der Waals surface area contributed by atoms with E-state index in [9.17, 15) is 4.79 Å². The van der Waals surface area contributed by atoms with Crippen LogP contribution >= 0.6 is 11.8 Å². The summed E-state index contributed by atoms with van der Waals surface area (Å²) < 4.78 is 1.82. The van der Waals surface area contributed by atoms with Crippen molar-refractivity contribution in [1.29, 1.82) is 0 Å². The molecule has 118 valence electrons. The maximum atomic E-state index is 12.0. The minimum absolute atomic E-state index is 0.00346. The van der Waals surface area contributed by atoms with Gasteiger partial charge in [-0.25, -0.2) is 4.68 Å². The molecule has 0 saturated heterocycles. The topological polar surface area (TPSA) is 72.7 Å². The van der Waals surface area contributed by atoms with Crippen molar-refractivity contribution >= 4 is 28.7 Å². The molecule has 2 aromatic heterocycles. The second-order valence-electron chi connectivity index (χ2n) is 5.20. The molecule has 1 N–H and O–H groups in total. The highest BCUT2D eigenvalue weighted by Crippen LogP contribution is 2.15. The predicted octanol–water partition coefficient (Wildman–Crippen LogP) is 2.12. The third-order valence-corrected chi connectivity index (χ3v) is 4.31. The molecule has 7 heteroatoms. The summed E-state index contributed by atoms with van der Waals surface area (Å²) in [5.41, 5.74) is 1.83. The zero-order valence-corrected chi connectivity index (χ0v) is 13.5. The minimum atomic E-state index is -0.0225. The van der Waals surface area contributed by atoms with Crippen molar-refractivity contribution in [3.8, 4) is 0 Å². The first-order chi connectivity index (χ1) is 11.2. The van der Waals surface area contributed by atoms with Crippen LogP contribution in [0, 0.1) is 0 Å². The molecule has 2 heterocycles. The Hall–Kier alpha value is -2.41. The zero-order chi connectivity index (χ0) is 16.1. The second-order valence-corrected chi connectivity index (χ2v) is 6.25. The molecular weight excluding hydrogens is 310 g/mol. The number of fused-ring (bicyclic) bond motifs is 1. The number of thioether (sulfide) groups is 1. The molecule has 0 bridgehead atoms. The first kappa shape index (κ1) is 15.5. The van der Waals surface area contributed by atoms with Crippen LogP contribution < -0.4 is 5.32 Å². The summed E-state index contributed by atoms with van der Waals surface area (Å²) in [7, 11) is 0. The molecule has 0 saturated carbocycles. The molecule has 6 nitrogen and oxygen atoms in total. The molecule has 0 spiro atoms. The van der Waals surface area contributed by atoms with Gasteiger partial charge in [0.25, 0.3) is 0 Å². The van der Waals surface area contributed by atoms with Gasteiger partial charge >= 0.3 is 0 Å². The van der Waals surface area contributed by atoms with Gasteiger partial charge in [0, 0.05) is 23.3 Å². The van der Waals surface area contributed by atoms with Gasteiger partial charge in [0.15, 0.2) is 0 Å². The van der Waals surface area contributed by atoms with Crippen molar-refractivity contribution in [2.24, 2.45) is 0 Å². The Balaban J connectivity index is 1.52. The van der Waals surface area contributed by atoms with Gasteiger partial charge in [0.05, 0.1) is 17.8 Å². The molecule has 3 aromatic rings. The van der Waals surface area contributed by atoms with E-state index in [-0.39, 0.29) is 11.9 Å². The lowest BCUT2D eigenvalue weighted by molar-refractivity contribution is -0.119. The van der Waals surface area contributed by atoms with Crippen LogP contribution in [0.15, 0.2) is 53.7 Å². The number of hydrogen-bond donors (Lipinski definition) is 1. The monoisotopic (exact) mass is 327 g/mol. The highest BCUT2D eigenvalue weighted by molar-refractivity contribution is 8.00. The van der Waals surface area contributed by atoms with Crippen molar-refractivity contribution in [1.82, 2.24) is 25.3 Å². The van der Waals surface area contributed by atoms with Crippen LogP contribution in [0.25, 0.3) is 11.0 Å². The van der Waals surface area contributed by atoms with Crippen LogP contribution in [0.5, 0.6) is 0 Å². The van der Waals surface area contributed by atoms with Gasteiger partial charge in [0.1, 0.15) is 5.52 Å². The van der Waals surface area contributed by atoms with E-state index >= 15 is 0 Å². The van der Waals surface area contributed by atoms with E-state index in [4.69, 9.17) is 0 Å². The summed E-state index contributed by atoms with van der Waals surface area (Å²) >= 11 is 1.49. The Bertz CT molecular complexity index is 789. The molecule has 0 aliphatic carbocycles. The zero-order valence-electron chi connectivity index (χ0n) is 12.7. The maximum Gasteiger partial charge on any atom is 0.230 e. The molecule has 0 aliphatic rings. The number of para-hydroxylation sites is 1. The van der Waals surface area contributed by atoms with Gasteiger partial charge in [-0.1, -0.05) is 17.3 Å². The summed E-state index contributed by atoms with van der Waals surface area (Å²) in [6.45, 7) is 2.55. The predicted molar refractivity (Wildman–Crippen MR) is 90.1 cm³/mol. The largest absolute Gasteiger partial charge is 0.351 e. The standard InChI is InChI=1S/C16H17N5OS/c1-12(10-21-15-5-3-2-4-14(15)19-20-21)18-16(22)11-23-13-6-8-17-9-7-13/h2-9,12H,10-11H2,1H3,(H,18,22)/t12-/m0/s1. The van der Waals surface area contributed by atoms with Gasteiger partial charge < -0.3 is 5.32 Å². The van der Waals surface area contributed by atoms with Crippen LogP contribution in [0.1, 0.15) is 6.92 Å². The Morgan fingerprint density at radius 2 is 2.04 bits per heavy atom. The maximum absolute atomic E-state index is 12.0. The van der Waals surface area contributed by atoms with Crippen molar-refractivity contribution in [2.75, 3.05) is 5.75 Å². The lowest BCUT2D eigenvalue weighted by Crippen LogP contribution is -2.37. The number of benzene rings is 1. The van der Waals surface area contributed by atoms with Crippen molar-refractivity contribution in [2.45, 2.75) is 24.4 Å². The van der Waals surface area contributed by atoms with E-state index in [2.05, 4.69) is 20.6 Å². The van der Waals surface area contributed by atoms with E-state index in [1.54, 1.807) is 12.4 Å². The van der Waals surface area contributed by atoms with Crippen molar-refractivity contribution in [3.05, 3.63) is 48.8 Å². The van der Waals surface area contributed by atoms with Gasteiger partial charge in [-0.15, -0.1) is 16.9 Å². The summed E-state index contributed by atoms with van der Waals surface area (Å²) in [4.78, 5) is 17.0. The fourth-order valence-electron chi connectivity index (χ4n) is 2.26. The van der Waals surface area contributed by atoms with Crippen LogP contribution in [0.2, 0.25) is 0 Å². The van der Waals surface area contributed by atoms with E-state index in [0.29, 0.717) is 12.3 Å². The normalized spacial score (nSPS) is 12.2. The lowest BCUT2D eigenvalue weighted by Gasteiger charge is -2.14. The third kappa shape index (κ3) is 4.07. The minimum Gasteiger partial charge on any atom is -0.351 e. The third-order valence-electron chi connectivity index (χ3n) is 3.29. The summed E-state index contributed by atoms with van der Waals surface area (Å²) in [5.74, 6) is 0.385. The first-order valence-electron chi connectivity index (χ1n) is 7.33. The Kier molecular flexibility index (Phi) is 4.87. The number of amides is 1. The second kappa shape index (κ2) is 7.23. The molecule has 3 rings (SSSR count). The number of carbonyl (C=O) groups excluding carboxylic acids is 1. The Morgan fingerprint density at radius 3 is 2.87 bits per heavy atom. The molecule has 0 fully saturated rings. The summed E-state index contributed by atoms with van der Waals surface area (Å²) in [5, 5.41) is 11.2. The van der Waals surface area contributed by atoms with Crippen LogP contribution in [0.4, 0.5) is 0 Å². The number of carbonyl (C=O) groups is 1. The van der Waals surface area contributed by atoms with Crippen LogP contribution in [0.3, 0.4) is 0 Å². The summed E-state index contributed by atoms with van der Waals surface area (Å²) in [6, 6.07) is 11.5. The van der Waals surface area contributed by atoms with Gasteiger partial charge in [0.2, 0.25) is 5.91 Å². The molecule has 0 aliphatic heterocycles. The van der Waals surface area contributed by atoms with Crippen LogP contribution in [-0.2, 0) is 11.3 Å². The summed E-state index contributed by atoms with van der Waals surface area (Å²) in [6.07, 6.45) is 3.44. The fraction of sp³-hybridized carbons (Fsp3) is 0.250. The molecule has 1 atom stereocenters. The molecule has 1 aromatic carbocycles. The van der Waals surface area contributed by atoms with Crippen molar-refractivity contribution in [3.63, 3.8) is 0 Å². The molecular formula is C16H17N5OS. The average Bonchev–Trinajstić information content (AvgIpc) is 2.97. The molecule has 1 amide bonds. The lowest BCUT2D eigenvalue weighted by atomic mass is 10.3. The molecule has 23 heavy (non-hydrogen) atoms. The fourth-order valence-corrected chi connectivity index (χ4v) is 2.95. The number of aromatic nitrogens is 4. The van der Waals surface area contributed by atoms with Gasteiger partial charge in [-0.05, 0) is 31.2 Å². The number of hydrogen-bond acceptors (Lipinski definition) is 5. The first-order valence-corrected chi connectivity index (χ1v) is 8.31. The SMILES string of the molecule is C[C@@H](Cn1nnc2ccccc21)NC(=O)CSc1ccncc1. The number of rotatable bonds is 6. The highest BCUT2D eigenvalue weighted by atomic mass is 32.2. The van der Waals surface area contributed by atoms with E-state index in [1.807, 2.05) is 48.0 Å². The number of nitrogens with one attached hydrogen (secondary N) is 1. The quantitative estimate of drug-likeness (QED) is 0.702. The molecule has 0 radical (unpaired) electrons. The average molecular weight is 327 g/mol. The smallest absolute Gasteiger partial charge is 0.230 e. The van der Waals surface area contributed by atoms with Gasteiger partial charge in [-0.2, -0.15) is 0 Å². The Labute approximate surface area is 138 Å². The van der Waals surface area contributed by atoms with Crippen molar-refractivity contribution < 1.29 is 4.79 Å². The van der Waals surface area contributed by atoms with E-state index < -0.39 is 0 Å². The van der Waals surface area contributed by atoms with E-state index in [0.717, 1.165) is 15.9 Å². The van der Waals surface area contributed by atoms with E-state index in [1.165, 1.54) is 11.8 Å². The van der Waals surface area contributed by atoms with Gasteiger partial charge in [-0.3, -0.25) is 9.78 Å². The number of nitrogens with zero attached hydrogens (tertiary/aromatic N) is 4. The number of pyridine rings is 1.